The molecule has 0 fully saturated rings. The molecule has 0 aromatic carbocycles. The van der Waals surface area contributed by atoms with Crippen LogP contribution in [0.4, 0.5) is 22.0 Å². The molecule has 3 aromatic heterocycles. The summed E-state index contributed by atoms with van der Waals surface area (Å²) in [5.41, 5.74) is -0.0792. The number of halogens is 5. The minimum atomic E-state index is -4.59. The highest BCUT2D eigenvalue weighted by Crippen LogP contribution is 2.32. The van der Waals surface area contributed by atoms with Gasteiger partial charge in [0.2, 0.25) is 0 Å². The van der Waals surface area contributed by atoms with Gasteiger partial charge in [-0.2, -0.15) is 32.1 Å². The van der Waals surface area contributed by atoms with E-state index in [1.165, 1.54) is 17.8 Å². The first kappa shape index (κ1) is 21.9. The van der Waals surface area contributed by atoms with Crippen LogP contribution in [0.1, 0.15) is 58.9 Å². The molecule has 0 radical (unpaired) electrons. The number of aryl methyl sites for hydroxylation is 2. The van der Waals surface area contributed by atoms with Crippen molar-refractivity contribution < 1.29 is 26.7 Å². The van der Waals surface area contributed by atoms with E-state index < -0.39 is 35.4 Å². The van der Waals surface area contributed by atoms with Gasteiger partial charge in [-0.05, 0) is 37.5 Å². The second-order valence-corrected chi connectivity index (χ2v) is 7.72. The monoisotopic (exact) mass is 454 g/mol. The zero-order valence-corrected chi connectivity index (χ0v) is 17.1. The Kier molecular flexibility index (Phi) is 5.25. The minimum Gasteiger partial charge on any atom is -0.344 e. The number of amides is 1. The summed E-state index contributed by atoms with van der Waals surface area (Å²) in [6.07, 6.45) is -0.102. The molecule has 1 atom stereocenters. The van der Waals surface area contributed by atoms with Crippen molar-refractivity contribution in [3.05, 3.63) is 58.9 Å². The van der Waals surface area contributed by atoms with Crippen molar-refractivity contribution in [3.8, 4) is 5.69 Å². The van der Waals surface area contributed by atoms with Gasteiger partial charge >= 0.3 is 6.18 Å². The molecule has 1 amide bonds. The fraction of sp³-hybridized carbons (Fsp3) is 0.400. The van der Waals surface area contributed by atoms with Gasteiger partial charge in [0, 0.05) is 31.9 Å². The molecule has 3 heterocycles. The maximum absolute atomic E-state index is 13.6. The first-order valence-corrected chi connectivity index (χ1v) is 9.79. The van der Waals surface area contributed by atoms with Crippen molar-refractivity contribution >= 4 is 5.91 Å². The molecule has 0 spiro atoms. The number of carbonyl (C=O) groups is 1. The molecule has 7 nitrogen and oxygen atoms in total. The maximum Gasteiger partial charge on any atom is 0.433 e. The maximum atomic E-state index is 13.6. The van der Waals surface area contributed by atoms with Crippen LogP contribution in [0, 0.1) is 0 Å². The van der Waals surface area contributed by atoms with Crippen molar-refractivity contribution in [1.82, 2.24) is 29.9 Å². The third-order valence-corrected chi connectivity index (χ3v) is 5.27. The third kappa shape index (κ3) is 4.21. The van der Waals surface area contributed by atoms with Crippen LogP contribution in [0.15, 0.2) is 30.6 Å². The van der Waals surface area contributed by atoms with Crippen LogP contribution >= 0.6 is 0 Å². The Morgan fingerprint density at radius 3 is 2.59 bits per heavy atom. The Labute approximate surface area is 179 Å². The summed E-state index contributed by atoms with van der Waals surface area (Å²) in [4.78, 5) is 16.0. The standard InChI is InChI=1S/C20H19F5N6O/c1-19(21,22)17-9-15(28-30(17)2)18(32)27-13-4-3-5-14-12(13)10-31(29-14)11-6-7-26-16(8-11)20(23,24)25/h6-10,13H,3-5H2,1-2H3,(H,27,32). The highest BCUT2D eigenvalue weighted by atomic mass is 19.4. The summed E-state index contributed by atoms with van der Waals surface area (Å²) in [6, 6.07) is 2.86. The number of pyridine rings is 1. The molecule has 0 saturated carbocycles. The summed E-state index contributed by atoms with van der Waals surface area (Å²) in [7, 11) is 1.33. The number of aromatic nitrogens is 5. The quantitative estimate of drug-likeness (QED) is 0.606. The lowest BCUT2D eigenvalue weighted by molar-refractivity contribution is -0.141. The van der Waals surface area contributed by atoms with Crippen molar-refractivity contribution in [2.24, 2.45) is 7.05 Å². The fourth-order valence-electron chi connectivity index (χ4n) is 3.76. The molecule has 1 aliphatic carbocycles. The number of carbonyl (C=O) groups excluding carboxylic acids is 1. The summed E-state index contributed by atoms with van der Waals surface area (Å²) in [6.45, 7) is 0.719. The van der Waals surface area contributed by atoms with Crippen LogP contribution in [-0.2, 0) is 25.6 Å². The van der Waals surface area contributed by atoms with E-state index in [4.69, 9.17) is 0 Å². The van der Waals surface area contributed by atoms with Crippen molar-refractivity contribution in [2.45, 2.75) is 44.3 Å². The normalized spacial score (nSPS) is 16.7. The van der Waals surface area contributed by atoms with E-state index in [2.05, 4.69) is 20.5 Å². The molecule has 1 aliphatic rings. The van der Waals surface area contributed by atoms with E-state index >= 15 is 0 Å². The van der Waals surface area contributed by atoms with E-state index in [9.17, 15) is 26.7 Å². The first-order chi connectivity index (χ1) is 14.9. The Balaban J connectivity index is 1.59. The smallest absolute Gasteiger partial charge is 0.344 e. The van der Waals surface area contributed by atoms with Crippen LogP contribution in [0.5, 0.6) is 0 Å². The van der Waals surface area contributed by atoms with E-state index in [-0.39, 0.29) is 11.4 Å². The van der Waals surface area contributed by atoms with E-state index in [0.29, 0.717) is 30.5 Å². The highest BCUT2D eigenvalue weighted by molar-refractivity contribution is 5.92. The van der Waals surface area contributed by atoms with Crippen molar-refractivity contribution in [1.29, 1.82) is 0 Å². The molecule has 4 rings (SSSR count). The van der Waals surface area contributed by atoms with Gasteiger partial charge in [0.25, 0.3) is 11.8 Å². The SMILES string of the molecule is Cn1nc(C(=O)NC2CCCc3nn(-c4ccnc(C(F)(F)F)c4)cc32)cc1C(C)(F)F. The molecule has 0 aliphatic heterocycles. The molecular weight excluding hydrogens is 435 g/mol. The van der Waals surface area contributed by atoms with Gasteiger partial charge in [-0.3, -0.25) is 14.5 Å². The molecule has 12 heteroatoms. The van der Waals surface area contributed by atoms with Crippen LogP contribution in [0.25, 0.3) is 5.69 Å². The van der Waals surface area contributed by atoms with Gasteiger partial charge in [-0.15, -0.1) is 0 Å². The molecular formula is C20H19F5N6O. The molecule has 170 valence electrons. The lowest BCUT2D eigenvalue weighted by atomic mass is 9.93. The molecule has 0 saturated heterocycles. The number of fused-ring (bicyclic) bond motifs is 1. The van der Waals surface area contributed by atoms with Crippen LogP contribution < -0.4 is 5.32 Å². The molecule has 1 unspecified atom stereocenters. The number of nitrogens with one attached hydrogen (secondary N) is 1. The van der Waals surface area contributed by atoms with Crippen LogP contribution in [0.3, 0.4) is 0 Å². The number of hydrogen-bond donors (Lipinski definition) is 1. The van der Waals surface area contributed by atoms with Gasteiger partial charge in [-0.25, -0.2) is 4.68 Å². The predicted octanol–water partition coefficient (Wildman–Crippen LogP) is 3.94. The van der Waals surface area contributed by atoms with Gasteiger partial charge in [-0.1, -0.05) is 0 Å². The number of rotatable bonds is 4. The number of nitrogens with zero attached hydrogens (tertiary/aromatic N) is 5. The van der Waals surface area contributed by atoms with E-state index in [1.807, 2.05) is 0 Å². The van der Waals surface area contributed by atoms with Gasteiger partial charge in [0.15, 0.2) is 5.69 Å². The second kappa shape index (κ2) is 7.68. The average Bonchev–Trinajstić information content (AvgIpc) is 3.31. The van der Waals surface area contributed by atoms with E-state index in [1.54, 1.807) is 6.20 Å². The zero-order valence-electron chi connectivity index (χ0n) is 17.1. The van der Waals surface area contributed by atoms with Gasteiger partial charge < -0.3 is 5.32 Å². The highest BCUT2D eigenvalue weighted by Gasteiger charge is 2.34. The summed E-state index contributed by atoms with van der Waals surface area (Å²) >= 11 is 0. The predicted molar refractivity (Wildman–Crippen MR) is 102 cm³/mol. The van der Waals surface area contributed by atoms with Crippen LogP contribution in [0.2, 0.25) is 0 Å². The lowest BCUT2D eigenvalue weighted by Gasteiger charge is -2.22. The average molecular weight is 454 g/mol. The Bertz CT molecular complexity index is 1160. The van der Waals surface area contributed by atoms with Crippen molar-refractivity contribution in [3.63, 3.8) is 0 Å². The topological polar surface area (TPSA) is 77.6 Å². The minimum absolute atomic E-state index is 0.146. The van der Waals surface area contributed by atoms with Gasteiger partial charge in [0.1, 0.15) is 11.4 Å². The summed E-state index contributed by atoms with van der Waals surface area (Å²) in [5.74, 6) is -3.77. The Morgan fingerprint density at radius 2 is 1.94 bits per heavy atom. The second-order valence-electron chi connectivity index (χ2n) is 7.72. The number of hydrogen-bond acceptors (Lipinski definition) is 4. The number of alkyl halides is 5. The first-order valence-electron chi connectivity index (χ1n) is 9.79. The van der Waals surface area contributed by atoms with Gasteiger partial charge in [0.05, 0.1) is 17.4 Å². The molecule has 1 N–H and O–H groups in total. The Hall–Kier alpha value is -3.31. The third-order valence-electron chi connectivity index (χ3n) is 5.27. The lowest BCUT2D eigenvalue weighted by Crippen LogP contribution is -2.31. The van der Waals surface area contributed by atoms with E-state index in [0.717, 1.165) is 29.9 Å². The fourth-order valence-corrected chi connectivity index (χ4v) is 3.76. The zero-order chi connectivity index (χ0) is 23.3. The Morgan fingerprint density at radius 1 is 1.19 bits per heavy atom. The van der Waals surface area contributed by atoms with Crippen molar-refractivity contribution in [2.75, 3.05) is 0 Å². The molecule has 0 bridgehead atoms. The summed E-state index contributed by atoms with van der Waals surface area (Å²) < 4.78 is 68.5. The molecule has 32 heavy (non-hydrogen) atoms. The molecule has 3 aromatic rings. The summed E-state index contributed by atoms with van der Waals surface area (Å²) in [5, 5.41) is 11.0. The largest absolute Gasteiger partial charge is 0.433 e. The van der Waals surface area contributed by atoms with Crippen LogP contribution in [-0.4, -0.2) is 30.5 Å².